The van der Waals surface area contributed by atoms with Gasteiger partial charge in [-0.25, -0.2) is 0 Å². The van der Waals surface area contributed by atoms with Crippen LogP contribution in [0.2, 0.25) is 0 Å². The Bertz CT molecular complexity index is 930. The van der Waals surface area contributed by atoms with Crippen molar-refractivity contribution < 1.29 is 4.79 Å². The van der Waals surface area contributed by atoms with Gasteiger partial charge in [0.2, 0.25) is 5.91 Å². The van der Waals surface area contributed by atoms with E-state index in [1.165, 1.54) is 12.8 Å². The summed E-state index contributed by atoms with van der Waals surface area (Å²) in [6.07, 6.45) is 11.1. The molecular weight excluding hydrogens is 366 g/mol. The lowest BCUT2D eigenvalue weighted by Crippen LogP contribution is -2.62. The molecule has 1 aliphatic heterocycles. The smallest absolute Gasteiger partial charge is 0.271 e. The van der Waals surface area contributed by atoms with E-state index < -0.39 is 0 Å². The molecule has 3 heterocycles. The first kappa shape index (κ1) is 19.4. The molecule has 2 N–H and O–H groups in total. The third-order valence-corrected chi connectivity index (χ3v) is 5.56. The third kappa shape index (κ3) is 4.56. The topological polar surface area (TPSA) is 81.3 Å². The van der Waals surface area contributed by atoms with E-state index in [0.29, 0.717) is 31.2 Å². The van der Waals surface area contributed by atoms with E-state index >= 15 is 0 Å². The number of pyridine rings is 2. The van der Waals surface area contributed by atoms with Gasteiger partial charge in [0, 0.05) is 56.4 Å². The van der Waals surface area contributed by atoms with E-state index in [1.807, 2.05) is 36.2 Å². The highest BCUT2D eigenvalue weighted by molar-refractivity contribution is 5.88. The number of aromatic nitrogens is 2. The molecule has 7 heteroatoms. The summed E-state index contributed by atoms with van der Waals surface area (Å²) in [5, 5.41) is 2.99. The second-order valence-electron chi connectivity index (χ2n) is 7.79. The van der Waals surface area contributed by atoms with Crippen LogP contribution in [-0.2, 0) is 4.79 Å². The number of nitrogens with zero attached hydrogens (tertiary/aromatic N) is 3. The molecule has 2 aromatic heterocycles. The van der Waals surface area contributed by atoms with Gasteiger partial charge in [-0.1, -0.05) is 6.08 Å². The summed E-state index contributed by atoms with van der Waals surface area (Å²) in [4.78, 5) is 35.9. The van der Waals surface area contributed by atoms with Crippen LogP contribution < -0.4 is 15.8 Å². The van der Waals surface area contributed by atoms with E-state index in [4.69, 9.17) is 0 Å². The number of H-pyrrole nitrogens is 1. The number of amides is 1. The summed E-state index contributed by atoms with van der Waals surface area (Å²) in [5.74, 6) is 0.668. The van der Waals surface area contributed by atoms with E-state index in [1.54, 1.807) is 24.7 Å². The standard InChI is InChI=1S/C22H27N5O2/c1-23-8-2-3-21(28)26-14-19(15-26)27(13-16-4-5-16)20-11-18(12-25-22(20)29)17-6-9-24-10-7-17/h2-3,6-7,9-12,16,19,23H,4-5,8,13-15H2,1H3,(H,25,29). The fourth-order valence-electron chi connectivity index (χ4n) is 3.63. The van der Waals surface area contributed by atoms with E-state index in [0.717, 1.165) is 17.7 Å². The average Bonchev–Trinajstić information content (AvgIpc) is 3.52. The van der Waals surface area contributed by atoms with Crippen LogP contribution in [0.25, 0.3) is 11.1 Å². The summed E-state index contributed by atoms with van der Waals surface area (Å²) in [6, 6.07) is 6.01. The molecule has 0 unspecified atom stereocenters. The summed E-state index contributed by atoms with van der Waals surface area (Å²) in [7, 11) is 1.85. The Hall–Kier alpha value is -2.93. The molecule has 29 heavy (non-hydrogen) atoms. The van der Waals surface area contributed by atoms with Crippen molar-refractivity contribution in [3.63, 3.8) is 0 Å². The third-order valence-electron chi connectivity index (χ3n) is 5.56. The number of carbonyl (C=O) groups is 1. The van der Waals surface area contributed by atoms with Gasteiger partial charge in [0.1, 0.15) is 5.69 Å². The van der Waals surface area contributed by atoms with E-state index in [2.05, 4.69) is 20.2 Å². The molecule has 1 aliphatic carbocycles. The fourth-order valence-corrected chi connectivity index (χ4v) is 3.63. The number of likely N-dealkylation sites (N-methyl/N-ethyl adjacent to an activating group) is 1. The molecule has 0 spiro atoms. The minimum absolute atomic E-state index is 0.0299. The summed E-state index contributed by atoms with van der Waals surface area (Å²) >= 11 is 0. The van der Waals surface area contributed by atoms with E-state index in [9.17, 15) is 9.59 Å². The second kappa shape index (κ2) is 8.61. The van der Waals surface area contributed by atoms with Crippen molar-refractivity contribution in [1.29, 1.82) is 0 Å². The van der Waals surface area contributed by atoms with E-state index in [-0.39, 0.29) is 17.5 Å². The van der Waals surface area contributed by atoms with Crippen LogP contribution in [0.4, 0.5) is 5.69 Å². The molecule has 2 fully saturated rings. The summed E-state index contributed by atoms with van der Waals surface area (Å²) in [6.45, 7) is 2.84. The Morgan fingerprint density at radius 1 is 1.31 bits per heavy atom. The van der Waals surface area contributed by atoms with Crippen molar-refractivity contribution in [2.45, 2.75) is 18.9 Å². The van der Waals surface area contributed by atoms with Crippen LogP contribution in [0, 0.1) is 5.92 Å². The Labute approximate surface area is 170 Å². The predicted molar refractivity (Wildman–Crippen MR) is 114 cm³/mol. The molecule has 152 valence electrons. The number of likely N-dealkylation sites (tertiary alicyclic amines) is 1. The summed E-state index contributed by atoms with van der Waals surface area (Å²) in [5.41, 5.74) is 2.59. The van der Waals surface area contributed by atoms with Gasteiger partial charge >= 0.3 is 0 Å². The average molecular weight is 393 g/mol. The number of aromatic amines is 1. The van der Waals surface area contributed by atoms with Gasteiger partial charge in [0.25, 0.3) is 5.56 Å². The van der Waals surface area contributed by atoms with Crippen LogP contribution >= 0.6 is 0 Å². The molecule has 1 amide bonds. The molecule has 0 atom stereocenters. The lowest BCUT2D eigenvalue weighted by Gasteiger charge is -2.46. The Kier molecular flexibility index (Phi) is 5.76. The van der Waals surface area contributed by atoms with Crippen LogP contribution in [0.1, 0.15) is 12.8 Å². The highest BCUT2D eigenvalue weighted by atomic mass is 16.2. The largest absolute Gasteiger partial charge is 0.360 e. The SMILES string of the molecule is CNCC=CC(=O)N1CC(N(CC2CC2)c2cc(-c3ccncc3)c[nH]c2=O)C1. The van der Waals surface area contributed by atoms with Crippen molar-refractivity contribution in [1.82, 2.24) is 20.2 Å². The number of anilines is 1. The van der Waals surface area contributed by atoms with Gasteiger partial charge < -0.3 is 20.1 Å². The maximum atomic E-state index is 12.7. The van der Waals surface area contributed by atoms with Gasteiger partial charge in [-0.15, -0.1) is 0 Å². The summed E-state index contributed by atoms with van der Waals surface area (Å²) < 4.78 is 0. The molecule has 7 nitrogen and oxygen atoms in total. The number of nitrogens with one attached hydrogen (secondary N) is 2. The van der Waals surface area contributed by atoms with Crippen molar-refractivity contribution in [3.05, 3.63) is 59.3 Å². The van der Waals surface area contributed by atoms with Crippen LogP contribution in [-0.4, -0.2) is 60.0 Å². The zero-order valence-electron chi connectivity index (χ0n) is 16.7. The fraction of sp³-hybridized carbons (Fsp3) is 0.409. The van der Waals surface area contributed by atoms with Gasteiger partial charge in [0.15, 0.2) is 0 Å². The minimum Gasteiger partial charge on any atom is -0.360 e. The first-order chi connectivity index (χ1) is 14.2. The second-order valence-corrected chi connectivity index (χ2v) is 7.79. The number of rotatable bonds is 8. The molecule has 2 aromatic rings. The molecule has 0 bridgehead atoms. The Balaban J connectivity index is 1.52. The monoisotopic (exact) mass is 393 g/mol. The Morgan fingerprint density at radius 3 is 2.76 bits per heavy atom. The van der Waals surface area contributed by atoms with Crippen molar-refractivity contribution in [2.24, 2.45) is 5.92 Å². The molecule has 0 aromatic carbocycles. The predicted octanol–water partition coefficient (Wildman–Crippen LogP) is 1.64. The highest BCUT2D eigenvalue weighted by Crippen LogP contribution is 2.33. The number of hydrogen-bond acceptors (Lipinski definition) is 5. The van der Waals surface area contributed by atoms with Gasteiger partial charge in [-0.05, 0) is 49.6 Å². The lowest BCUT2D eigenvalue weighted by atomic mass is 10.0. The molecular formula is C22H27N5O2. The van der Waals surface area contributed by atoms with Gasteiger partial charge in [-0.3, -0.25) is 14.6 Å². The van der Waals surface area contributed by atoms with Crippen molar-refractivity contribution >= 4 is 11.6 Å². The molecule has 1 saturated carbocycles. The number of carbonyl (C=O) groups excluding carboxylic acids is 1. The molecule has 4 rings (SSSR count). The van der Waals surface area contributed by atoms with Crippen molar-refractivity contribution in [3.8, 4) is 11.1 Å². The molecule has 0 radical (unpaired) electrons. The zero-order chi connectivity index (χ0) is 20.2. The van der Waals surface area contributed by atoms with Gasteiger partial charge in [0.05, 0.1) is 6.04 Å². The highest BCUT2D eigenvalue weighted by Gasteiger charge is 2.37. The zero-order valence-corrected chi connectivity index (χ0v) is 16.7. The Morgan fingerprint density at radius 2 is 2.07 bits per heavy atom. The lowest BCUT2D eigenvalue weighted by molar-refractivity contribution is -0.130. The van der Waals surface area contributed by atoms with Crippen LogP contribution in [0.3, 0.4) is 0 Å². The quantitative estimate of drug-likeness (QED) is 0.667. The minimum atomic E-state index is -0.0813. The van der Waals surface area contributed by atoms with Crippen LogP contribution in [0.5, 0.6) is 0 Å². The maximum absolute atomic E-state index is 12.7. The van der Waals surface area contributed by atoms with Crippen LogP contribution in [0.15, 0.2) is 53.7 Å². The maximum Gasteiger partial charge on any atom is 0.271 e. The molecule has 2 aliphatic rings. The number of hydrogen-bond donors (Lipinski definition) is 2. The first-order valence-corrected chi connectivity index (χ1v) is 10.2. The molecule has 1 saturated heterocycles. The normalized spacial score (nSPS) is 16.8. The van der Waals surface area contributed by atoms with Gasteiger partial charge in [-0.2, -0.15) is 0 Å². The first-order valence-electron chi connectivity index (χ1n) is 10.2. The van der Waals surface area contributed by atoms with Crippen molar-refractivity contribution in [2.75, 3.05) is 38.1 Å².